The van der Waals surface area contributed by atoms with E-state index in [2.05, 4.69) is 13.0 Å². The van der Waals surface area contributed by atoms with Crippen LogP contribution in [0.3, 0.4) is 0 Å². The van der Waals surface area contributed by atoms with Crippen molar-refractivity contribution < 1.29 is 9.90 Å². The molecule has 0 radical (unpaired) electrons. The lowest BCUT2D eigenvalue weighted by Gasteiger charge is -2.58. The summed E-state index contributed by atoms with van der Waals surface area (Å²) in [6, 6.07) is 3.78. The summed E-state index contributed by atoms with van der Waals surface area (Å²) in [6.45, 7) is 2.23. The predicted molar refractivity (Wildman–Crippen MR) is 72.9 cm³/mol. The normalized spacial score (nSPS) is 35.0. The standard InChI is InChI=1S/C16H17NO2/c1-15-6-9-2-5-12(17)14(19)13(9)16(15)8-11(18)4-3-10(16)7-15/h2-3,5,19H,4,6-8,17H2,1H3/t15-,16?/m0/s1. The van der Waals surface area contributed by atoms with E-state index in [4.69, 9.17) is 5.73 Å². The van der Waals surface area contributed by atoms with Gasteiger partial charge in [-0.05, 0) is 29.9 Å². The van der Waals surface area contributed by atoms with E-state index in [-0.39, 0.29) is 22.4 Å². The maximum Gasteiger partial charge on any atom is 0.142 e. The molecule has 1 saturated carbocycles. The van der Waals surface area contributed by atoms with E-state index in [0.717, 1.165) is 24.0 Å². The zero-order valence-corrected chi connectivity index (χ0v) is 11.0. The Hall–Kier alpha value is -1.77. The molecular formula is C16H17NO2. The summed E-state index contributed by atoms with van der Waals surface area (Å²) in [5, 5.41) is 10.4. The maximum atomic E-state index is 12.0. The van der Waals surface area contributed by atoms with E-state index in [1.807, 2.05) is 6.07 Å². The largest absolute Gasteiger partial charge is 0.505 e. The topological polar surface area (TPSA) is 63.3 Å². The Morgan fingerprint density at radius 3 is 2.84 bits per heavy atom. The van der Waals surface area contributed by atoms with Crippen LogP contribution in [0.4, 0.5) is 5.69 Å². The molecular weight excluding hydrogens is 238 g/mol. The summed E-state index contributed by atoms with van der Waals surface area (Å²) >= 11 is 0. The van der Waals surface area contributed by atoms with Crippen molar-refractivity contribution in [3.8, 4) is 5.75 Å². The van der Waals surface area contributed by atoms with Gasteiger partial charge in [-0.1, -0.05) is 24.6 Å². The van der Waals surface area contributed by atoms with Crippen molar-refractivity contribution in [3.05, 3.63) is 34.9 Å². The zero-order valence-electron chi connectivity index (χ0n) is 11.0. The molecule has 2 atom stereocenters. The molecule has 3 nitrogen and oxygen atoms in total. The summed E-state index contributed by atoms with van der Waals surface area (Å²) in [5.41, 5.74) is 9.51. The average molecular weight is 255 g/mol. The van der Waals surface area contributed by atoms with Crippen LogP contribution in [0.2, 0.25) is 0 Å². The Morgan fingerprint density at radius 2 is 2.05 bits per heavy atom. The number of carbonyl (C=O) groups excluding carboxylic acids is 1. The maximum absolute atomic E-state index is 12.0. The number of phenols is 1. The molecule has 0 saturated heterocycles. The molecule has 98 valence electrons. The third kappa shape index (κ3) is 1.04. The number of benzene rings is 1. The monoisotopic (exact) mass is 255 g/mol. The number of rotatable bonds is 0. The second-order valence-electron chi connectivity index (χ2n) is 6.51. The van der Waals surface area contributed by atoms with Crippen LogP contribution in [0.5, 0.6) is 5.75 Å². The third-order valence-corrected chi connectivity index (χ3v) is 5.50. The minimum absolute atomic E-state index is 0.0719. The number of fused-ring (bicyclic) bond motifs is 1. The fraction of sp³-hybridized carbons (Fsp3) is 0.438. The highest BCUT2D eigenvalue weighted by Gasteiger charge is 2.66. The first kappa shape index (κ1) is 11.1. The van der Waals surface area contributed by atoms with E-state index < -0.39 is 0 Å². The summed E-state index contributed by atoms with van der Waals surface area (Å²) in [6.07, 6.45) is 5.12. The lowest BCUT2D eigenvalue weighted by Crippen LogP contribution is -2.55. The Kier molecular flexibility index (Phi) is 1.77. The lowest BCUT2D eigenvalue weighted by molar-refractivity contribution is -0.122. The molecule has 0 heterocycles. The number of anilines is 1. The van der Waals surface area contributed by atoms with Crippen LogP contribution >= 0.6 is 0 Å². The summed E-state index contributed by atoms with van der Waals surface area (Å²) in [5.74, 6) is 0.464. The number of phenolic OH excluding ortho intramolecular Hbond substituents is 1. The number of nitrogens with two attached hydrogens (primary N) is 1. The number of hydrogen-bond donors (Lipinski definition) is 2. The van der Waals surface area contributed by atoms with Crippen LogP contribution in [0.1, 0.15) is 37.3 Å². The van der Waals surface area contributed by atoms with Gasteiger partial charge in [0.15, 0.2) is 0 Å². The van der Waals surface area contributed by atoms with E-state index in [9.17, 15) is 9.90 Å². The van der Waals surface area contributed by atoms with Gasteiger partial charge in [-0.15, -0.1) is 0 Å². The second kappa shape index (κ2) is 3.03. The van der Waals surface area contributed by atoms with Crippen LogP contribution < -0.4 is 5.73 Å². The van der Waals surface area contributed by atoms with Crippen LogP contribution in [0.15, 0.2) is 23.8 Å². The van der Waals surface area contributed by atoms with Gasteiger partial charge in [0.2, 0.25) is 0 Å². The van der Waals surface area contributed by atoms with E-state index in [1.165, 1.54) is 5.57 Å². The highest BCUT2D eigenvalue weighted by atomic mass is 16.3. The second-order valence-corrected chi connectivity index (χ2v) is 6.51. The van der Waals surface area contributed by atoms with Crippen LogP contribution in [0.25, 0.3) is 0 Å². The third-order valence-electron chi connectivity index (χ3n) is 5.50. The first-order valence-electron chi connectivity index (χ1n) is 6.80. The first-order chi connectivity index (χ1) is 8.98. The van der Waals surface area contributed by atoms with Crippen molar-refractivity contribution in [1.82, 2.24) is 0 Å². The molecule has 0 bridgehead atoms. The molecule has 1 fully saturated rings. The Morgan fingerprint density at radius 1 is 1.26 bits per heavy atom. The minimum atomic E-state index is -0.267. The van der Waals surface area contributed by atoms with Crippen LogP contribution in [-0.2, 0) is 16.6 Å². The molecule has 3 heteroatoms. The van der Waals surface area contributed by atoms with Crippen LogP contribution in [0, 0.1) is 5.41 Å². The molecule has 19 heavy (non-hydrogen) atoms. The Bertz CT molecular complexity index is 661. The number of nitrogen functional groups attached to an aromatic ring is 1. The molecule has 1 spiro atoms. The highest BCUT2D eigenvalue weighted by Crippen LogP contribution is 2.72. The smallest absolute Gasteiger partial charge is 0.142 e. The van der Waals surface area contributed by atoms with E-state index in [0.29, 0.717) is 18.5 Å². The van der Waals surface area contributed by atoms with Crippen molar-refractivity contribution in [2.75, 3.05) is 5.73 Å². The molecule has 0 aromatic heterocycles. The number of allylic oxidation sites excluding steroid dienone is 2. The number of carbonyl (C=O) groups is 1. The van der Waals surface area contributed by atoms with E-state index in [1.54, 1.807) is 6.07 Å². The van der Waals surface area contributed by atoms with Crippen molar-refractivity contribution in [3.63, 3.8) is 0 Å². The van der Waals surface area contributed by atoms with Gasteiger partial charge in [-0.25, -0.2) is 0 Å². The van der Waals surface area contributed by atoms with E-state index >= 15 is 0 Å². The SMILES string of the molecule is C[C@]12CC3=CCC(=O)CC31c1c(ccc(N)c1O)C2. The van der Waals surface area contributed by atoms with Gasteiger partial charge in [0, 0.05) is 23.8 Å². The number of hydrogen-bond acceptors (Lipinski definition) is 3. The van der Waals surface area contributed by atoms with Crippen molar-refractivity contribution in [2.45, 2.75) is 38.0 Å². The molecule has 3 aliphatic carbocycles. The van der Waals surface area contributed by atoms with Gasteiger partial charge in [0.05, 0.1) is 5.69 Å². The highest BCUT2D eigenvalue weighted by molar-refractivity contribution is 5.87. The van der Waals surface area contributed by atoms with Gasteiger partial charge in [-0.3, -0.25) is 4.79 Å². The summed E-state index contributed by atoms with van der Waals surface area (Å²) < 4.78 is 0. The molecule has 1 aromatic carbocycles. The average Bonchev–Trinajstić information content (AvgIpc) is 2.52. The van der Waals surface area contributed by atoms with Crippen molar-refractivity contribution >= 4 is 11.5 Å². The molecule has 1 aromatic rings. The quantitative estimate of drug-likeness (QED) is 0.425. The number of Topliss-reactive ketones (excluding diaryl/α,β-unsaturated/α-hetero) is 1. The van der Waals surface area contributed by atoms with Gasteiger partial charge in [0.25, 0.3) is 0 Å². The lowest BCUT2D eigenvalue weighted by atomic mass is 9.44. The molecule has 0 aliphatic heterocycles. The zero-order chi connectivity index (χ0) is 13.4. The number of aromatic hydroxyl groups is 1. The fourth-order valence-corrected chi connectivity index (χ4v) is 4.64. The van der Waals surface area contributed by atoms with Gasteiger partial charge in [0.1, 0.15) is 11.5 Å². The van der Waals surface area contributed by atoms with Gasteiger partial charge in [-0.2, -0.15) is 0 Å². The molecule has 3 aliphatic rings. The summed E-state index contributed by atoms with van der Waals surface area (Å²) in [7, 11) is 0. The molecule has 0 amide bonds. The van der Waals surface area contributed by atoms with Crippen molar-refractivity contribution in [2.24, 2.45) is 5.41 Å². The van der Waals surface area contributed by atoms with Gasteiger partial charge >= 0.3 is 0 Å². The Balaban J connectivity index is 2.04. The van der Waals surface area contributed by atoms with Crippen molar-refractivity contribution in [1.29, 1.82) is 0 Å². The Labute approximate surface area is 112 Å². The minimum Gasteiger partial charge on any atom is -0.505 e. The number of ketones is 1. The molecule has 3 N–H and O–H groups in total. The first-order valence-corrected chi connectivity index (χ1v) is 6.80. The van der Waals surface area contributed by atoms with Gasteiger partial charge < -0.3 is 10.8 Å². The van der Waals surface area contributed by atoms with Crippen LogP contribution in [-0.4, -0.2) is 10.9 Å². The molecule has 1 unspecified atom stereocenters. The fourth-order valence-electron chi connectivity index (χ4n) is 4.64. The molecule has 4 rings (SSSR count). The summed E-state index contributed by atoms with van der Waals surface area (Å²) in [4.78, 5) is 12.0. The predicted octanol–water partition coefficient (Wildman–Crippen LogP) is 2.47.